The normalized spacial score (nSPS) is 21.1. The summed E-state index contributed by atoms with van der Waals surface area (Å²) >= 11 is 0. The Morgan fingerprint density at radius 1 is 1.71 bits per heavy atom. The summed E-state index contributed by atoms with van der Waals surface area (Å²) in [6, 6.07) is 1.82. The molecule has 76 valence electrons. The predicted molar refractivity (Wildman–Crippen MR) is 52.9 cm³/mol. The van der Waals surface area contributed by atoms with Crippen LogP contribution in [0.3, 0.4) is 0 Å². The minimum absolute atomic E-state index is 0.0569. The molecule has 0 spiro atoms. The van der Waals surface area contributed by atoms with E-state index in [0.29, 0.717) is 5.82 Å². The van der Waals surface area contributed by atoms with E-state index in [1.54, 1.807) is 0 Å². The van der Waals surface area contributed by atoms with Crippen LogP contribution in [-0.2, 0) is 4.79 Å². The van der Waals surface area contributed by atoms with Crippen molar-refractivity contribution in [3.63, 3.8) is 0 Å². The fraction of sp³-hybridized carbons (Fsp3) is 0.556. The molecule has 0 radical (unpaired) electrons. The number of carbonyl (C=O) groups excluding carboxylic acids is 1. The van der Waals surface area contributed by atoms with E-state index >= 15 is 0 Å². The molecule has 1 aromatic rings. The number of nitrogens with one attached hydrogen (secondary N) is 3. The van der Waals surface area contributed by atoms with Gasteiger partial charge in [-0.3, -0.25) is 9.89 Å². The van der Waals surface area contributed by atoms with E-state index in [9.17, 15) is 4.79 Å². The number of carbonyl (C=O) groups is 1. The number of aromatic nitrogens is 2. The SMILES string of the molecule is Cc1cc(NC(=O)C2CCNC2)n[nH]1. The van der Waals surface area contributed by atoms with Crippen molar-refractivity contribution in [2.75, 3.05) is 18.4 Å². The third-order valence-corrected chi connectivity index (χ3v) is 2.39. The van der Waals surface area contributed by atoms with Crippen molar-refractivity contribution in [3.8, 4) is 0 Å². The molecule has 2 heterocycles. The average Bonchev–Trinajstić information content (AvgIpc) is 2.75. The molecule has 14 heavy (non-hydrogen) atoms. The molecule has 1 aliphatic heterocycles. The summed E-state index contributed by atoms with van der Waals surface area (Å²) in [7, 11) is 0. The summed E-state index contributed by atoms with van der Waals surface area (Å²) in [5, 5.41) is 12.7. The molecule has 2 rings (SSSR count). The van der Waals surface area contributed by atoms with E-state index in [1.165, 1.54) is 0 Å². The molecule has 1 unspecified atom stereocenters. The summed E-state index contributed by atoms with van der Waals surface area (Å²) in [6.07, 6.45) is 0.912. The first-order valence-electron chi connectivity index (χ1n) is 4.79. The quantitative estimate of drug-likeness (QED) is 0.632. The summed E-state index contributed by atoms with van der Waals surface area (Å²) in [6.45, 7) is 3.60. The Morgan fingerprint density at radius 2 is 2.57 bits per heavy atom. The summed E-state index contributed by atoms with van der Waals surface area (Å²) in [5.41, 5.74) is 0.949. The number of nitrogens with zero attached hydrogens (tertiary/aromatic N) is 1. The van der Waals surface area contributed by atoms with Gasteiger partial charge in [-0.15, -0.1) is 0 Å². The minimum atomic E-state index is 0.0569. The second-order valence-electron chi connectivity index (χ2n) is 3.62. The van der Waals surface area contributed by atoms with Gasteiger partial charge in [0.1, 0.15) is 0 Å². The first-order valence-corrected chi connectivity index (χ1v) is 4.79. The number of amides is 1. The van der Waals surface area contributed by atoms with Gasteiger partial charge in [-0.05, 0) is 19.9 Å². The van der Waals surface area contributed by atoms with Crippen molar-refractivity contribution in [2.24, 2.45) is 5.92 Å². The lowest BCUT2D eigenvalue weighted by atomic mass is 10.1. The maximum Gasteiger partial charge on any atom is 0.230 e. The molecule has 1 aliphatic rings. The number of aromatic amines is 1. The van der Waals surface area contributed by atoms with Crippen LogP contribution in [0.25, 0.3) is 0 Å². The standard InChI is InChI=1S/C9H14N4O/c1-6-4-8(13-12-6)11-9(14)7-2-3-10-5-7/h4,7,10H,2-3,5H2,1H3,(H2,11,12,13,14). The fourth-order valence-corrected chi connectivity index (χ4v) is 1.59. The molecule has 1 saturated heterocycles. The molecule has 5 heteroatoms. The van der Waals surface area contributed by atoms with E-state index in [2.05, 4.69) is 20.8 Å². The lowest BCUT2D eigenvalue weighted by molar-refractivity contribution is -0.119. The molecule has 0 saturated carbocycles. The number of hydrogen-bond acceptors (Lipinski definition) is 3. The Balaban J connectivity index is 1.93. The van der Waals surface area contributed by atoms with Crippen molar-refractivity contribution in [1.82, 2.24) is 15.5 Å². The van der Waals surface area contributed by atoms with Crippen LogP contribution in [0.2, 0.25) is 0 Å². The van der Waals surface area contributed by atoms with Crippen molar-refractivity contribution in [3.05, 3.63) is 11.8 Å². The van der Waals surface area contributed by atoms with Crippen LogP contribution >= 0.6 is 0 Å². The highest BCUT2D eigenvalue weighted by Gasteiger charge is 2.22. The zero-order valence-corrected chi connectivity index (χ0v) is 8.13. The Kier molecular flexibility index (Phi) is 2.49. The van der Waals surface area contributed by atoms with Crippen LogP contribution in [0, 0.1) is 12.8 Å². The van der Waals surface area contributed by atoms with Gasteiger partial charge in [-0.1, -0.05) is 0 Å². The second-order valence-corrected chi connectivity index (χ2v) is 3.62. The molecular weight excluding hydrogens is 180 g/mol. The number of rotatable bonds is 2. The highest BCUT2D eigenvalue weighted by atomic mass is 16.2. The van der Waals surface area contributed by atoms with Crippen LogP contribution in [0.4, 0.5) is 5.82 Å². The minimum Gasteiger partial charge on any atom is -0.316 e. The van der Waals surface area contributed by atoms with Gasteiger partial charge in [0.25, 0.3) is 0 Å². The zero-order valence-electron chi connectivity index (χ0n) is 8.13. The smallest absolute Gasteiger partial charge is 0.230 e. The monoisotopic (exact) mass is 194 g/mol. The van der Waals surface area contributed by atoms with Gasteiger partial charge < -0.3 is 10.6 Å². The van der Waals surface area contributed by atoms with Crippen LogP contribution in [-0.4, -0.2) is 29.2 Å². The molecule has 3 N–H and O–H groups in total. The van der Waals surface area contributed by atoms with Crippen molar-refractivity contribution in [1.29, 1.82) is 0 Å². The van der Waals surface area contributed by atoms with Gasteiger partial charge in [0.2, 0.25) is 5.91 Å². The number of anilines is 1. The zero-order chi connectivity index (χ0) is 9.97. The molecule has 0 aliphatic carbocycles. The van der Waals surface area contributed by atoms with Gasteiger partial charge in [0.05, 0.1) is 5.92 Å². The van der Waals surface area contributed by atoms with Gasteiger partial charge in [0.15, 0.2) is 5.82 Å². The van der Waals surface area contributed by atoms with Gasteiger partial charge in [-0.25, -0.2) is 0 Å². The number of H-pyrrole nitrogens is 1. The third-order valence-electron chi connectivity index (χ3n) is 2.39. The van der Waals surface area contributed by atoms with Crippen LogP contribution in [0.1, 0.15) is 12.1 Å². The molecule has 5 nitrogen and oxygen atoms in total. The lowest BCUT2D eigenvalue weighted by Crippen LogP contribution is -2.24. The Bertz CT molecular complexity index is 327. The van der Waals surface area contributed by atoms with Gasteiger partial charge in [-0.2, -0.15) is 5.10 Å². The molecule has 1 aromatic heterocycles. The highest BCUT2D eigenvalue weighted by Crippen LogP contribution is 2.11. The third kappa shape index (κ3) is 1.93. The molecule has 0 bridgehead atoms. The maximum absolute atomic E-state index is 11.6. The van der Waals surface area contributed by atoms with E-state index in [4.69, 9.17) is 0 Å². The molecule has 1 amide bonds. The van der Waals surface area contributed by atoms with E-state index in [1.807, 2.05) is 13.0 Å². The first-order chi connectivity index (χ1) is 6.75. The van der Waals surface area contributed by atoms with Crippen molar-refractivity contribution >= 4 is 11.7 Å². The molecular formula is C9H14N4O. The first kappa shape index (κ1) is 9.21. The molecule has 1 fully saturated rings. The van der Waals surface area contributed by atoms with E-state index in [0.717, 1.165) is 25.2 Å². The average molecular weight is 194 g/mol. The highest BCUT2D eigenvalue weighted by molar-refractivity contribution is 5.92. The lowest BCUT2D eigenvalue weighted by Gasteiger charge is -2.06. The predicted octanol–water partition coefficient (Wildman–Crippen LogP) is 0.266. The van der Waals surface area contributed by atoms with E-state index < -0.39 is 0 Å². The van der Waals surface area contributed by atoms with Crippen molar-refractivity contribution in [2.45, 2.75) is 13.3 Å². The summed E-state index contributed by atoms with van der Waals surface area (Å²) in [5.74, 6) is 0.757. The van der Waals surface area contributed by atoms with Gasteiger partial charge >= 0.3 is 0 Å². The fourth-order valence-electron chi connectivity index (χ4n) is 1.59. The Labute approximate surface area is 82.3 Å². The van der Waals surface area contributed by atoms with Crippen LogP contribution in [0.5, 0.6) is 0 Å². The second kappa shape index (κ2) is 3.79. The summed E-state index contributed by atoms with van der Waals surface area (Å²) < 4.78 is 0. The summed E-state index contributed by atoms with van der Waals surface area (Å²) in [4.78, 5) is 11.6. The number of hydrogen-bond donors (Lipinski definition) is 3. The number of aryl methyl sites for hydroxylation is 1. The topological polar surface area (TPSA) is 69.8 Å². The van der Waals surface area contributed by atoms with Crippen molar-refractivity contribution < 1.29 is 4.79 Å². The Morgan fingerprint density at radius 3 is 3.14 bits per heavy atom. The maximum atomic E-state index is 11.6. The van der Waals surface area contributed by atoms with Crippen LogP contribution in [0.15, 0.2) is 6.07 Å². The molecule has 1 atom stereocenters. The van der Waals surface area contributed by atoms with E-state index in [-0.39, 0.29) is 11.8 Å². The largest absolute Gasteiger partial charge is 0.316 e. The van der Waals surface area contributed by atoms with Crippen LogP contribution < -0.4 is 10.6 Å². The molecule has 0 aromatic carbocycles. The van der Waals surface area contributed by atoms with Gasteiger partial charge in [0, 0.05) is 18.3 Å². The Hall–Kier alpha value is -1.36.